The molecule has 160 valence electrons. The fourth-order valence-electron chi connectivity index (χ4n) is 3.08. The highest BCUT2D eigenvalue weighted by Crippen LogP contribution is 2.29. The van der Waals surface area contributed by atoms with Gasteiger partial charge in [0.1, 0.15) is 0 Å². The number of rotatable bonds is 6. The summed E-state index contributed by atoms with van der Waals surface area (Å²) in [4.78, 5) is 35.3. The van der Waals surface area contributed by atoms with Crippen molar-refractivity contribution >= 4 is 17.8 Å². The Hall–Kier alpha value is -2.78. The van der Waals surface area contributed by atoms with Crippen LogP contribution < -0.4 is 21.5 Å². The van der Waals surface area contributed by atoms with E-state index in [-0.39, 0.29) is 36.9 Å². The Labute approximate surface area is 166 Å². The number of carbonyl (C=O) groups is 3. The molecule has 1 aromatic rings. The molecular formula is C19H25F3N4O3. The van der Waals surface area contributed by atoms with Crippen LogP contribution in [0.2, 0.25) is 0 Å². The molecule has 0 unspecified atom stereocenters. The summed E-state index contributed by atoms with van der Waals surface area (Å²) in [6.45, 7) is 0.0256. The molecule has 0 aliphatic heterocycles. The van der Waals surface area contributed by atoms with Gasteiger partial charge < -0.3 is 10.6 Å². The summed E-state index contributed by atoms with van der Waals surface area (Å²) in [6, 6.07) is 3.82. The van der Waals surface area contributed by atoms with Crippen LogP contribution in [0.5, 0.6) is 0 Å². The highest BCUT2D eigenvalue weighted by Gasteiger charge is 2.30. The third kappa shape index (κ3) is 8.00. The molecule has 1 aliphatic rings. The summed E-state index contributed by atoms with van der Waals surface area (Å²) in [6.07, 6.45) is 0.492. The highest BCUT2D eigenvalue weighted by atomic mass is 19.4. The third-order valence-electron chi connectivity index (χ3n) is 4.65. The van der Waals surface area contributed by atoms with Gasteiger partial charge in [-0.3, -0.25) is 15.0 Å². The lowest BCUT2D eigenvalue weighted by atomic mass is 9.89. The van der Waals surface area contributed by atoms with Crippen LogP contribution in [0.3, 0.4) is 0 Å². The van der Waals surface area contributed by atoms with Gasteiger partial charge in [0, 0.05) is 25.4 Å². The molecule has 1 fully saturated rings. The predicted molar refractivity (Wildman–Crippen MR) is 99.2 cm³/mol. The molecule has 0 bridgehead atoms. The fraction of sp³-hybridized carbons (Fsp3) is 0.526. The lowest BCUT2D eigenvalue weighted by Gasteiger charge is -2.20. The van der Waals surface area contributed by atoms with E-state index in [1.165, 1.54) is 12.1 Å². The van der Waals surface area contributed by atoms with Crippen LogP contribution >= 0.6 is 0 Å². The molecule has 0 atom stereocenters. The van der Waals surface area contributed by atoms with Crippen molar-refractivity contribution in [2.45, 2.75) is 51.2 Å². The Morgan fingerprint density at radius 3 is 2.41 bits per heavy atom. The molecule has 7 nitrogen and oxygen atoms in total. The van der Waals surface area contributed by atoms with Gasteiger partial charge in [-0.2, -0.15) is 13.2 Å². The number of urea groups is 1. The maximum absolute atomic E-state index is 12.7. The zero-order valence-corrected chi connectivity index (χ0v) is 15.9. The zero-order chi connectivity index (χ0) is 21.3. The van der Waals surface area contributed by atoms with Crippen molar-refractivity contribution in [1.29, 1.82) is 0 Å². The number of benzene rings is 1. The van der Waals surface area contributed by atoms with E-state index >= 15 is 0 Å². The largest absolute Gasteiger partial charge is 0.416 e. The lowest BCUT2D eigenvalue weighted by Crippen LogP contribution is -2.47. The molecule has 1 saturated carbocycles. The van der Waals surface area contributed by atoms with E-state index in [0.29, 0.717) is 0 Å². The summed E-state index contributed by atoms with van der Waals surface area (Å²) in [5.74, 6) is -0.543. The van der Waals surface area contributed by atoms with Crippen LogP contribution in [0.25, 0.3) is 0 Å². The Morgan fingerprint density at radius 1 is 1.00 bits per heavy atom. The SMILES string of the molecule is O=C(CCNC(=O)C1CCCCC1)NNC(=O)NCc1cccc(C(F)(F)F)c1. The molecule has 0 aromatic heterocycles. The Kier molecular flexibility index (Phi) is 8.29. The Balaban J connectivity index is 1.62. The molecule has 2 rings (SSSR count). The number of hydrazine groups is 1. The van der Waals surface area contributed by atoms with E-state index in [2.05, 4.69) is 21.5 Å². The molecule has 29 heavy (non-hydrogen) atoms. The molecule has 1 aromatic carbocycles. The maximum Gasteiger partial charge on any atom is 0.416 e. The summed E-state index contributed by atoms with van der Waals surface area (Å²) < 4.78 is 38.0. The Bertz CT molecular complexity index is 719. The van der Waals surface area contributed by atoms with Gasteiger partial charge in [-0.15, -0.1) is 0 Å². The molecule has 0 saturated heterocycles. The number of carbonyl (C=O) groups excluding carboxylic acids is 3. The first-order valence-electron chi connectivity index (χ1n) is 9.52. The van der Waals surface area contributed by atoms with Gasteiger partial charge in [-0.25, -0.2) is 10.2 Å². The number of nitrogens with one attached hydrogen (secondary N) is 4. The molecule has 4 N–H and O–H groups in total. The molecule has 4 amide bonds. The molecule has 0 radical (unpaired) electrons. The first-order chi connectivity index (χ1) is 13.8. The predicted octanol–water partition coefficient (Wildman–Crippen LogP) is 2.62. The van der Waals surface area contributed by atoms with Gasteiger partial charge in [0.15, 0.2) is 0 Å². The van der Waals surface area contributed by atoms with E-state index in [1.807, 2.05) is 0 Å². The molecule has 0 spiro atoms. The van der Waals surface area contributed by atoms with Crippen molar-refractivity contribution in [3.8, 4) is 0 Å². The second-order valence-electron chi connectivity index (χ2n) is 6.93. The van der Waals surface area contributed by atoms with Gasteiger partial charge in [0.2, 0.25) is 11.8 Å². The first-order valence-corrected chi connectivity index (χ1v) is 9.52. The quantitative estimate of drug-likeness (QED) is 0.539. The minimum Gasteiger partial charge on any atom is -0.355 e. The zero-order valence-electron chi connectivity index (χ0n) is 15.9. The van der Waals surface area contributed by atoms with E-state index in [1.54, 1.807) is 0 Å². The summed E-state index contributed by atoms with van der Waals surface area (Å²) in [5.41, 5.74) is 3.76. The Morgan fingerprint density at radius 2 is 1.72 bits per heavy atom. The van der Waals surface area contributed by atoms with E-state index in [9.17, 15) is 27.6 Å². The molecular weight excluding hydrogens is 389 g/mol. The van der Waals surface area contributed by atoms with Crippen molar-refractivity contribution in [3.05, 3.63) is 35.4 Å². The van der Waals surface area contributed by atoms with Gasteiger partial charge in [0.25, 0.3) is 0 Å². The number of alkyl halides is 3. The second-order valence-corrected chi connectivity index (χ2v) is 6.93. The van der Waals surface area contributed by atoms with E-state index in [4.69, 9.17) is 0 Å². The number of hydrogen-bond donors (Lipinski definition) is 4. The van der Waals surface area contributed by atoms with Crippen LogP contribution in [0.1, 0.15) is 49.7 Å². The maximum atomic E-state index is 12.7. The average Bonchev–Trinajstić information content (AvgIpc) is 2.71. The monoisotopic (exact) mass is 414 g/mol. The first kappa shape index (κ1) is 22.5. The average molecular weight is 414 g/mol. The van der Waals surface area contributed by atoms with Gasteiger partial charge >= 0.3 is 12.2 Å². The summed E-state index contributed by atoms with van der Waals surface area (Å²) in [7, 11) is 0. The summed E-state index contributed by atoms with van der Waals surface area (Å²) >= 11 is 0. The van der Waals surface area contributed by atoms with Crippen molar-refractivity contribution < 1.29 is 27.6 Å². The van der Waals surface area contributed by atoms with E-state index in [0.717, 1.165) is 44.2 Å². The smallest absolute Gasteiger partial charge is 0.355 e. The van der Waals surface area contributed by atoms with Crippen molar-refractivity contribution in [1.82, 2.24) is 21.5 Å². The van der Waals surface area contributed by atoms with Gasteiger partial charge in [0.05, 0.1) is 5.56 Å². The summed E-state index contributed by atoms with van der Waals surface area (Å²) in [5, 5.41) is 5.06. The number of amides is 4. The van der Waals surface area contributed by atoms with Crippen molar-refractivity contribution in [2.24, 2.45) is 5.92 Å². The number of halogens is 3. The topological polar surface area (TPSA) is 99.3 Å². The molecule has 0 heterocycles. The van der Waals surface area contributed by atoms with Crippen molar-refractivity contribution in [2.75, 3.05) is 6.54 Å². The number of hydrogen-bond acceptors (Lipinski definition) is 3. The third-order valence-corrected chi connectivity index (χ3v) is 4.65. The van der Waals surface area contributed by atoms with Crippen LogP contribution in [-0.4, -0.2) is 24.4 Å². The second kappa shape index (κ2) is 10.7. The van der Waals surface area contributed by atoms with Crippen LogP contribution in [-0.2, 0) is 22.3 Å². The van der Waals surface area contributed by atoms with Crippen molar-refractivity contribution in [3.63, 3.8) is 0 Å². The lowest BCUT2D eigenvalue weighted by molar-refractivity contribution is -0.137. The van der Waals surface area contributed by atoms with Gasteiger partial charge in [-0.1, -0.05) is 31.4 Å². The van der Waals surface area contributed by atoms with Crippen LogP contribution in [0.15, 0.2) is 24.3 Å². The van der Waals surface area contributed by atoms with Crippen LogP contribution in [0.4, 0.5) is 18.0 Å². The van der Waals surface area contributed by atoms with Crippen LogP contribution in [0, 0.1) is 5.92 Å². The molecule has 10 heteroatoms. The van der Waals surface area contributed by atoms with Gasteiger partial charge in [-0.05, 0) is 30.5 Å². The minimum absolute atomic E-state index is 0.00608. The highest BCUT2D eigenvalue weighted by molar-refractivity contribution is 5.82. The fourth-order valence-corrected chi connectivity index (χ4v) is 3.08. The minimum atomic E-state index is -4.46. The molecule has 1 aliphatic carbocycles. The van der Waals surface area contributed by atoms with E-state index < -0.39 is 23.7 Å². The normalized spacial score (nSPS) is 14.7. The standard InChI is InChI=1S/C19H25F3N4O3/c20-19(21,22)15-8-4-5-13(11-15)12-24-18(29)26-25-16(27)9-10-23-17(28)14-6-2-1-3-7-14/h4-5,8,11,14H,1-3,6-7,9-10,12H2,(H,23,28)(H,25,27)(H2,24,26,29).